The van der Waals surface area contributed by atoms with Crippen LogP contribution in [0.2, 0.25) is 0 Å². The van der Waals surface area contributed by atoms with Gasteiger partial charge in [0.15, 0.2) is 11.8 Å². The van der Waals surface area contributed by atoms with Crippen molar-refractivity contribution < 1.29 is 0 Å². The molecule has 0 aliphatic rings. The molecule has 3 heterocycles. The first kappa shape index (κ1) is 22.8. The first-order chi connectivity index (χ1) is 13.0. The molecule has 3 aromatic heterocycles. The van der Waals surface area contributed by atoms with Gasteiger partial charge in [-0.05, 0) is 38.6 Å². The van der Waals surface area contributed by atoms with E-state index in [4.69, 9.17) is 4.99 Å². The Morgan fingerprint density at radius 3 is 2.64 bits per heavy atom. The third-order valence-corrected chi connectivity index (χ3v) is 6.23. The zero-order valence-corrected chi connectivity index (χ0v) is 20.5. The van der Waals surface area contributed by atoms with Gasteiger partial charge in [0.25, 0.3) is 0 Å². The van der Waals surface area contributed by atoms with Gasteiger partial charge < -0.3 is 15.2 Å². The van der Waals surface area contributed by atoms with Crippen LogP contribution >= 0.6 is 46.7 Å². The SMILES string of the molecule is Cc1nc(C)c(CNC(=NCc2nnc(C)n2C)NCCc2cccs2)s1.I. The molecule has 0 spiro atoms. The molecule has 3 aromatic rings. The molecule has 0 radical (unpaired) electrons. The van der Waals surface area contributed by atoms with Gasteiger partial charge in [-0.15, -0.1) is 56.8 Å². The van der Waals surface area contributed by atoms with Crippen molar-refractivity contribution in [1.82, 2.24) is 30.4 Å². The van der Waals surface area contributed by atoms with Crippen molar-refractivity contribution >= 4 is 52.6 Å². The lowest BCUT2D eigenvalue weighted by atomic mass is 10.3. The summed E-state index contributed by atoms with van der Waals surface area (Å²) in [5.74, 6) is 2.51. The molecule has 3 rings (SSSR count). The molecular weight excluding hydrogens is 505 g/mol. The fraction of sp³-hybridized carbons (Fsp3) is 0.444. The van der Waals surface area contributed by atoms with Crippen LogP contribution in [-0.4, -0.2) is 32.3 Å². The van der Waals surface area contributed by atoms with Gasteiger partial charge in [-0.25, -0.2) is 9.98 Å². The molecule has 0 amide bonds. The molecule has 0 aliphatic heterocycles. The van der Waals surface area contributed by atoms with Crippen LogP contribution in [0.15, 0.2) is 22.5 Å². The van der Waals surface area contributed by atoms with Crippen LogP contribution in [-0.2, 0) is 26.6 Å². The monoisotopic (exact) mass is 531 g/mol. The number of aromatic nitrogens is 4. The number of thiazole rings is 1. The average Bonchev–Trinajstić information content (AvgIpc) is 3.34. The number of hydrogen-bond donors (Lipinski definition) is 2. The summed E-state index contributed by atoms with van der Waals surface area (Å²) in [5.41, 5.74) is 1.08. The Morgan fingerprint density at radius 1 is 1.21 bits per heavy atom. The van der Waals surface area contributed by atoms with Gasteiger partial charge >= 0.3 is 0 Å². The summed E-state index contributed by atoms with van der Waals surface area (Å²) in [4.78, 5) is 11.8. The van der Waals surface area contributed by atoms with E-state index in [1.165, 1.54) is 9.75 Å². The van der Waals surface area contributed by atoms with Gasteiger partial charge in [-0.1, -0.05) is 6.07 Å². The second-order valence-electron chi connectivity index (χ2n) is 6.24. The van der Waals surface area contributed by atoms with Crippen LogP contribution in [0.1, 0.15) is 32.1 Å². The minimum absolute atomic E-state index is 0. The van der Waals surface area contributed by atoms with Crippen molar-refractivity contribution in [3.8, 4) is 0 Å². The molecule has 152 valence electrons. The number of hydrogen-bond acceptors (Lipinski definition) is 6. The van der Waals surface area contributed by atoms with Gasteiger partial charge in [0.05, 0.1) is 17.2 Å². The molecule has 0 atom stereocenters. The van der Waals surface area contributed by atoms with Gasteiger partial charge in [-0.3, -0.25) is 0 Å². The van der Waals surface area contributed by atoms with Crippen molar-refractivity contribution in [3.63, 3.8) is 0 Å². The quantitative estimate of drug-likeness (QED) is 0.278. The number of aliphatic imine (C=N–C) groups is 1. The van der Waals surface area contributed by atoms with E-state index >= 15 is 0 Å². The number of rotatable bonds is 7. The van der Waals surface area contributed by atoms with Crippen LogP contribution in [0.5, 0.6) is 0 Å². The second kappa shape index (κ2) is 10.9. The number of guanidine groups is 1. The molecule has 0 unspecified atom stereocenters. The Morgan fingerprint density at radius 2 is 2.04 bits per heavy atom. The van der Waals surface area contributed by atoms with E-state index in [2.05, 4.69) is 43.3 Å². The topological polar surface area (TPSA) is 80.0 Å². The molecular formula is C18H26IN7S2. The lowest BCUT2D eigenvalue weighted by Crippen LogP contribution is -2.38. The fourth-order valence-electron chi connectivity index (χ4n) is 2.57. The first-order valence-electron chi connectivity index (χ1n) is 8.85. The molecule has 0 saturated carbocycles. The highest BCUT2D eigenvalue weighted by molar-refractivity contribution is 14.0. The molecule has 0 aromatic carbocycles. The van der Waals surface area contributed by atoms with Gasteiger partial charge in [0.2, 0.25) is 0 Å². The van der Waals surface area contributed by atoms with Crippen molar-refractivity contribution in [3.05, 3.63) is 49.6 Å². The third kappa shape index (κ3) is 6.24. The first-order valence-corrected chi connectivity index (χ1v) is 10.5. The highest BCUT2D eigenvalue weighted by Gasteiger charge is 2.08. The molecule has 0 aliphatic carbocycles. The van der Waals surface area contributed by atoms with Crippen LogP contribution in [0.25, 0.3) is 0 Å². The van der Waals surface area contributed by atoms with E-state index in [1.54, 1.807) is 22.7 Å². The largest absolute Gasteiger partial charge is 0.356 e. The Bertz CT molecular complexity index is 899. The lowest BCUT2D eigenvalue weighted by molar-refractivity contribution is 0.750. The van der Waals surface area contributed by atoms with Crippen molar-refractivity contribution in [1.29, 1.82) is 0 Å². The van der Waals surface area contributed by atoms with Crippen LogP contribution < -0.4 is 10.6 Å². The minimum atomic E-state index is 0. The maximum atomic E-state index is 4.70. The van der Waals surface area contributed by atoms with E-state index in [9.17, 15) is 0 Å². The van der Waals surface area contributed by atoms with E-state index in [0.29, 0.717) is 13.1 Å². The zero-order valence-electron chi connectivity index (χ0n) is 16.5. The molecule has 0 saturated heterocycles. The average molecular weight is 531 g/mol. The molecule has 0 bridgehead atoms. The smallest absolute Gasteiger partial charge is 0.192 e. The summed E-state index contributed by atoms with van der Waals surface area (Å²) in [5, 5.41) is 18.3. The zero-order chi connectivity index (χ0) is 19.2. The van der Waals surface area contributed by atoms with Crippen LogP contribution in [0, 0.1) is 20.8 Å². The lowest BCUT2D eigenvalue weighted by Gasteiger charge is -2.12. The van der Waals surface area contributed by atoms with Gasteiger partial charge in [0, 0.05) is 23.3 Å². The van der Waals surface area contributed by atoms with Crippen molar-refractivity contribution in [2.75, 3.05) is 6.54 Å². The summed E-state index contributed by atoms with van der Waals surface area (Å²) in [6.07, 6.45) is 0.972. The fourth-order valence-corrected chi connectivity index (χ4v) is 4.16. The van der Waals surface area contributed by atoms with E-state index in [1.807, 2.05) is 32.4 Å². The number of halogens is 1. The number of thiophene rings is 1. The minimum Gasteiger partial charge on any atom is -0.356 e. The molecule has 10 heteroatoms. The maximum Gasteiger partial charge on any atom is 0.192 e. The third-order valence-electron chi connectivity index (χ3n) is 4.22. The summed E-state index contributed by atoms with van der Waals surface area (Å²) >= 11 is 3.49. The second-order valence-corrected chi connectivity index (χ2v) is 8.56. The van der Waals surface area contributed by atoms with Crippen LogP contribution in [0.4, 0.5) is 0 Å². The molecule has 2 N–H and O–H groups in total. The number of nitrogens with zero attached hydrogens (tertiary/aromatic N) is 5. The predicted octanol–water partition coefficient (Wildman–Crippen LogP) is 3.35. The summed E-state index contributed by atoms with van der Waals surface area (Å²) in [6.45, 7) is 8.03. The van der Waals surface area contributed by atoms with E-state index in [0.717, 1.165) is 41.3 Å². The van der Waals surface area contributed by atoms with Gasteiger partial charge in [-0.2, -0.15) is 0 Å². The molecule has 7 nitrogen and oxygen atoms in total. The highest BCUT2D eigenvalue weighted by atomic mass is 127. The van der Waals surface area contributed by atoms with Crippen molar-refractivity contribution in [2.45, 2.75) is 40.3 Å². The Hall–Kier alpha value is -1.53. The summed E-state index contributed by atoms with van der Waals surface area (Å²) in [7, 11) is 1.96. The summed E-state index contributed by atoms with van der Waals surface area (Å²) < 4.78 is 1.96. The standard InChI is InChI=1S/C18H25N7S2.HI/c1-12-16(27-14(3)22-12)10-20-18(19-8-7-15-6-5-9-26-15)21-11-17-24-23-13(2)25(17)4;/h5-6,9H,7-8,10-11H2,1-4H3,(H2,19,20,21);1H. The Kier molecular flexibility index (Phi) is 8.83. The van der Waals surface area contributed by atoms with Crippen molar-refractivity contribution in [2.24, 2.45) is 12.0 Å². The molecule has 0 fully saturated rings. The maximum absolute atomic E-state index is 4.70. The normalized spacial score (nSPS) is 11.4. The van der Waals surface area contributed by atoms with Crippen LogP contribution in [0.3, 0.4) is 0 Å². The van der Waals surface area contributed by atoms with E-state index < -0.39 is 0 Å². The number of aryl methyl sites for hydroxylation is 3. The number of nitrogens with one attached hydrogen (secondary N) is 2. The Labute approximate surface area is 190 Å². The van der Waals surface area contributed by atoms with E-state index in [-0.39, 0.29) is 24.0 Å². The highest BCUT2D eigenvalue weighted by Crippen LogP contribution is 2.16. The Balaban J connectivity index is 0.00000280. The predicted molar refractivity (Wildman–Crippen MR) is 127 cm³/mol. The van der Waals surface area contributed by atoms with Gasteiger partial charge in [0.1, 0.15) is 12.4 Å². The summed E-state index contributed by atoms with van der Waals surface area (Å²) in [6, 6.07) is 4.24. The molecule has 28 heavy (non-hydrogen) atoms.